The largest absolute Gasteiger partial charge is 0.278 e. The van der Waals surface area contributed by atoms with Gasteiger partial charge in [0.05, 0.1) is 33.7 Å². The maximum atomic E-state index is 9.06. The van der Waals surface area contributed by atoms with Crippen LogP contribution in [0.3, 0.4) is 0 Å². The first-order valence-corrected chi connectivity index (χ1v) is 7.28. The van der Waals surface area contributed by atoms with Crippen molar-refractivity contribution in [2.24, 2.45) is 0 Å². The van der Waals surface area contributed by atoms with Crippen molar-refractivity contribution in [1.29, 1.82) is 5.26 Å². The van der Waals surface area contributed by atoms with Crippen molar-refractivity contribution in [2.45, 2.75) is 6.42 Å². The summed E-state index contributed by atoms with van der Waals surface area (Å²) in [6.45, 7) is 0. The molecule has 0 radical (unpaired) electrons. The molecule has 0 amide bonds. The summed E-state index contributed by atoms with van der Waals surface area (Å²) in [5.41, 5.74) is 2.73. The second-order valence-corrected chi connectivity index (χ2v) is 5.44. The zero-order valence-electron chi connectivity index (χ0n) is 10.9. The summed E-state index contributed by atoms with van der Waals surface area (Å²) in [4.78, 5) is 13.3. The maximum absolute atomic E-state index is 9.06. The SMILES string of the molecule is N#CCc1nc2ccccc2n1-c1ncnc2ccsc12. The van der Waals surface area contributed by atoms with Crippen molar-refractivity contribution >= 4 is 32.6 Å². The van der Waals surface area contributed by atoms with E-state index in [1.807, 2.05) is 40.3 Å². The second kappa shape index (κ2) is 4.65. The molecule has 4 rings (SSSR count). The molecule has 4 aromatic rings. The number of rotatable bonds is 2. The Morgan fingerprint density at radius 2 is 2.05 bits per heavy atom. The topological polar surface area (TPSA) is 67.4 Å². The monoisotopic (exact) mass is 291 g/mol. The molecule has 1 aromatic carbocycles. The predicted molar refractivity (Wildman–Crippen MR) is 81.4 cm³/mol. The zero-order chi connectivity index (χ0) is 14.2. The minimum absolute atomic E-state index is 0.242. The van der Waals surface area contributed by atoms with Gasteiger partial charge in [0.1, 0.15) is 12.2 Å². The van der Waals surface area contributed by atoms with Crippen molar-refractivity contribution in [3.63, 3.8) is 0 Å². The Labute approximate surface area is 124 Å². The fraction of sp³-hybridized carbons (Fsp3) is 0.0667. The lowest BCUT2D eigenvalue weighted by atomic mass is 10.3. The number of nitriles is 1. The standard InChI is InChI=1S/C15H9N5S/c16-7-5-13-19-10-3-1-2-4-12(10)20(13)15-14-11(6-8-21-14)17-9-18-15/h1-4,6,8-9H,5H2. The third-order valence-corrected chi connectivity index (χ3v) is 4.20. The number of aromatic nitrogens is 4. The molecule has 0 unspecified atom stereocenters. The summed E-state index contributed by atoms with van der Waals surface area (Å²) in [5.74, 6) is 1.49. The summed E-state index contributed by atoms with van der Waals surface area (Å²) in [5, 5.41) is 11.0. The summed E-state index contributed by atoms with van der Waals surface area (Å²) in [6.07, 6.45) is 1.79. The molecule has 0 saturated carbocycles. The Morgan fingerprint density at radius 3 is 2.95 bits per heavy atom. The number of benzene rings is 1. The van der Waals surface area contributed by atoms with Crippen LogP contribution in [0.15, 0.2) is 42.0 Å². The summed E-state index contributed by atoms with van der Waals surface area (Å²) in [6, 6.07) is 12.0. The normalized spacial score (nSPS) is 11.0. The summed E-state index contributed by atoms with van der Waals surface area (Å²) < 4.78 is 2.96. The van der Waals surface area contributed by atoms with Crippen LogP contribution in [-0.2, 0) is 6.42 Å². The highest BCUT2D eigenvalue weighted by Gasteiger charge is 2.16. The van der Waals surface area contributed by atoms with E-state index in [9.17, 15) is 0 Å². The number of hydrogen-bond acceptors (Lipinski definition) is 5. The smallest absolute Gasteiger partial charge is 0.160 e. The van der Waals surface area contributed by atoms with E-state index < -0.39 is 0 Å². The quantitative estimate of drug-likeness (QED) is 0.569. The van der Waals surface area contributed by atoms with Gasteiger partial charge in [0.2, 0.25) is 0 Å². The molecular formula is C15H9N5S. The van der Waals surface area contributed by atoms with Crippen LogP contribution in [0, 0.1) is 11.3 Å². The van der Waals surface area contributed by atoms with E-state index in [-0.39, 0.29) is 6.42 Å². The summed E-state index contributed by atoms with van der Waals surface area (Å²) in [7, 11) is 0. The Kier molecular flexibility index (Phi) is 2.66. The molecule has 0 atom stereocenters. The van der Waals surface area contributed by atoms with Crippen LogP contribution in [0.5, 0.6) is 0 Å². The molecule has 21 heavy (non-hydrogen) atoms. The van der Waals surface area contributed by atoms with Gasteiger partial charge in [-0.25, -0.2) is 15.0 Å². The first-order chi connectivity index (χ1) is 10.4. The average molecular weight is 291 g/mol. The Morgan fingerprint density at radius 1 is 1.14 bits per heavy atom. The minimum Gasteiger partial charge on any atom is -0.278 e. The number of nitrogens with zero attached hydrogens (tertiary/aromatic N) is 5. The summed E-state index contributed by atoms with van der Waals surface area (Å²) >= 11 is 1.59. The fourth-order valence-corrected chi connectivity index (χ4v) is 3.26. The van der Waals surface area contributed by atoms with Crippen LogP contribution in [0.2, 0.25) is 0 Å². The highest BCUT2D eigenvalue weighted by atomic mass is 32.1. The van der Waals surface area contributed by atoms with Crippen LogP contribution < -0.4 is 0 Å². The molecule has 0 bridgehead atoms. The third-order valence-electron chi connectivity index (χ3n) is 3.30. The predicted octanol–water partition coefficient (Wildman–Crippen LogP) is 3.10. The van der Waals surface area contributed by atoms with Gasteiger partial charge >= 0.3 is 0 Å². The van der Waals surface area contributed by atoms with E-state index in [1.165, 1.54) is 0 Å². The van der Waals surface area contributed by atoms with Crippen LogP contribution in [0.25, 0.3) is 27.1 Å². The van der Waals surface area contributed by atoms with E-state index in [4.69, 9.17) is 5.26 Å². The van der Waals surface area contributed by atoms with Gasteiger partial charge in [-0.15, -0.1) is 11.3 Å². The average Bonchev–Trinajstić information content (AvgIpc) is 3.11. The van der Waals surface area contributed by atoms with Gasteiger partial charge in [0.25, 0.3) is 0 Å². The lowest BCUT2D eigenvalue weighted by Crippen LogP contribution is -2.03. The lowest BCUT2D eigenvalue weighted by molar-refractivity contribution is 0.926. The minimum atomic E-state index is 0.242. The van der Waals surface area contributed by atoms with E-state index in [0.717, 1.165) is 27.1 Å². The van der Waals surface area contributed by atoms with Gasteiger partial charge in [-0.1, -0.05) is 12.1 Å². The zero-order valence-corrected chi connectivity index (χ0v) is 11.7. The van der Waals surface area contributed by atoms with Crippen LogP contribution in [-0.4, -0.2) is 19.5 Å². The second-order valence-electron chi connectivity index (χ2n) is 4.52. The van der Waals surface area contributed by atoms with Gasteiger partial charge in [-0.3, -0.25) is 4.57 Å². The van der Waals surface area contributed by atoms with Gasteiger partial charge in [0, 0.05) is 0 Å². The maximum Gasteiger partial charge on any atom is 0.160 e. The van der Waals surface area contributed by atoms with Gasteiger partial charge in [0.15, 0.2) is 5.82 Å². The van der Waals surface area contributed by atoms with Crippen molar-refractivity contribution in [1.82, 2.24) is 19.5 Å². The molecule has 3 aromatic heterocycles. The Hall–Kier alpha value is -2.78. The molecule has 0 fully saturated rings. The molecule has 0 aliphatic heterocycles. The number of fused-ring (bicyclic) bond motifs is 2. The van der Waals surface area contributed by atoms with Crippen molar-refractivity contribution < 1.29 is 0 Å². The first kappa shape index (κ1) is 12.0. The Bertz CT molecular complexity index is 992. The van der Waals surface area contributed by atoms with Crippen LogP contribution in [0.4, 0.5) is 0 Å². The van der Waals surface area contributed by atoms with Crippen molar-refractivity contribution in [3.05, 3.63) is 47.9 Å². The number of imidazole rings is 1. The van der Waals surface area contributed by atoms with E-state index in [1.54, 1.807) is 17.7 Å². The van der Waals surface area contributed by atoms with E-state index in [2.05, 4.69) is 21.0 Å². The Balaban J connectivity index is 2.12. The molecule has 0 spiro atoms. The molecule has 0 aliphatic carbocycles. The number of hydrogen-bond donors (Lipinski definition) is 0. The number of para-hydroxylation sites is 2. The highest BCUT2D eigenvalue weighted by molar-refractivity contribution is 7.17. The lowest BCUT2D eigenvalue weighted by Gasteiger charge is -2.07. The molecular weight excluding hydrogens is 282 g/mol. The van der Waals surface area contributed by atoms with Crippen LogP contribution >= 0.6 is 11.3 Å². The van der Waals surface area contributed by atoms with E-state index >= 15 is 0 Å². The van der Waals surface area contributed by atoms with Crippen LogP contribution in [0.1, 0.15) is 5.82 Å². The highest BCUT2D eigenvalue weighted by Crippen LogP contribution is 2.28. The third kappa shape index (κ3) is 1.79. The van der Waals surface area contributed by atoms with Gasteiger partial charge in [-0.05, 0) is 23.6 Å². The molecule has 0 saturated heterocycles. The van der Waals surface area contributed by atoms with Crippen molar-refractivity contribution in [2.75, 3.05) is 0 Å². The van der Waals surface area contributed by atoms with E-state index in [0.29, 0.717) is 5.82 Å². The molecule has 3 heterocycles. The van der Waals surface area contributed by atoms with Gasteiger partial charge < -0.3 is 0 Å². The van der Waals surface area contributed by atoms with Crippen molar-refractivity contribution in [3.8, 4) is 11.9 Å². The molecule has 0 N–H and O–H groups in total. The fourth-order valence-electron chi connectivity index (χ4n) is 2.44. The first-order valence-electron chi connectivity index (χ1n) is 6.40. The molecule has 6 heteroatoms. The molecule has 5 nitrogen and oxygen atoms in total. The number of thiophene rings is 1. The molecule has 0 aliphatic rings. The van der Waals surface area contributed by atoms with Gasteiger partial charge in [-0.2, -0.15) is 5.26 Å². The molecule has 100 valence electrons.